The summed E-state index contributed by atoms with van der Waals surface area (Å²) >= 11 is 0. The predicted molar refractivity (Wildman–Crippen MR) is 91.4 cm³/mol. The zero-order valence-corrected chi connectivity index (χ0v) is 13.7. The summed E-state index contributed by atoms with van der Waals surface area (Å²) < 4.78 is 10.7. The van der Waals surface area contributed by atoms with Crippen LogP contribution in [-0.2, 0) is 4.79 Å². The minimum Gasteiger partial charge on any atom is -0.461 e. The summed E-state index contributed by atoms with van der Waals surface area (Å²) in [5.74, 6) is 0.199. The van der Waals surface area contributed by atoms with Crippen LogP contribution in [0, 0.1) is 13.8 Å². The zero-order valence-electron chi connectivity index (χ0n) is 13.7. The van der Waals surface area contributed by atoms with E-state index in [1.807, 2.05) is 31.2 Å². The molecule has 5 heteroatoms. The number of fused-ring (bicyclic) bond motifs is 1. The summed E-state index contributed by atoms with van der Waals surface area (Å²) in [6.07, 6.45) is 0. The Bertz CT molecular complexity index is 922. The van der Waals surface area contributed by atoms with E-state index in [0.29, 0.717) is 33.7 Å². The first-order chi connectivity index (χ1) is 11.4. The second-order valence-corrected chi connectivity index (χ2v) is 5.61. The lowest BCUT2D eigenvalue weighted by Crippen LogP contribution is -2.12. The van der Waals surface area contributed by atoms with E-state index in [4.69, 9.17) is 9.15 Å². The Labute approximate surface area is 139 Å². The summed E-state index contributed by atoms with van der Waals surface area (Å²) in [5, 5.41) is 3.47. The molecular weight excluding hydrogens is 306 g/mol. The van der Waals surface area contributed by atoms with Gasteiger partial charge in [-0.05, 0) is 44.2 Å². The molecule has 0 saturated heterocycles. The summed E-state index contributed by atoms with van der Waals surface area (Å²) in [6, 6.07) is 12.5. The molecule has 0 radical (unpaired) electrons. The van der Waals surface area contributed by atoms with Crippen molar-refractivity contribution in [2.24, 2.45) is 0 Å². The number of esters is 1. The zero-order chi connectivity index (χ0) is 17.3. The lowest BCUT2D eigenvalue weighted by atomic mass is 10.1. The minimum atomic E-state index is -0.416. The van der Waals surface area contributed by atoms with E-state index in [1.165, 1.54) is 6.92 Å². The Morgan fingerprint density at radius 3 is 2.42 bits per heavy atom. The van der Waals surface area contributed by atoms with Gasteiger partial charge >= 0.3 is 5.97 Å². The molecule has 3 aromatic rings. The van der Waals surface area contributed by atoms with Crippen molar-refractivity contribution in [3.05, 3.63) is 59.4 Å². The Hall–Kier alpha value is -3.08. The molecule has 0 aliphatic rings. The summed E-state index contributed by atoms with van der Waals surface area (Å²) in [5.41, 5.74) is 2.82. The lowest BCUT2D eigenvalue weighted by molar-refractivity contribution is -0.131. The van der Waals surface area contributed by atoms with Crippen LogP contribution in [0.3, 0.4) is 0 Å². The molecule has 0 unspecified atom stereocenters. The molecular formula is C19H17NO4. The molecule has 0 saturated carbocycles. The highest BCUT2D eigenvalue weighted by molar-refractivity contribution is 6.13. The average molecular weight is 323 g/mol. The van der Waals surface area contributed by atoms with Crippen LogP contribution < -0.4 is 10.1 Å². The van der Waals surface area contributed by atoms with E-state index in [0.717, 1.165) is 5.56 Å². The number of furan rings is 1. The van der Waals surface area contributed by atoms with Gasteiger partial charge in [0.1, 0.15) is 17.1 Å². The molecule has 1 heterocycles. The van der Waals surface area contributed by atoms with Gasteiger partial charge in [-0.15, -0.1) is 0 Å². The van der Waals surface area contributed by atoms with Gasteiger partial charge in [-0.3, -0.25) is 9.59 Å². The third kappa shape index (κ3) is 3.15. The molecule has 5 nitrogen and oxygen atoms in total. The third-order valence-electron chi connectivity index (χ3n) is 3.63. The topological polar surface area (TPSA) is 68.5 Å². The second kappa shape index (κ2) is 6.20. The first-order valence-corrected chi connectivity index (χ1v) is 7.53. The maximum absolute atomic E-state index is 12.6. The molecule has 3 rings (SSSR count). The molecule has 0 aliphatic carbocycles. The van der Waals surface area contributed by atoms with Crippen LogP contribution in [0.2, 0.25) is 0 Å². The Morgan fingerprint density at radius 1 is 1.04 bits per heavy atom. The normalized spacial score (nSPS) is 10.6. The molecule has 0 atom stereocenters. The quantitative estimate of drug-likeness (QED) is 0.578. The average Bonchev–Trinajstić information content (AvgIpc) is 2.84. The van der Waals surface area contributed by atoms with E-state index in [2.05, 4.69) is 5.32 Å². The van der Waals surface area contributed by atoms with Gasteiger partial charge in [-0.1, -0.05) is 17.7 Å². The number of nitrogens with one attached hydrogen (secondary N) is 1. The maximum atomic E-state index is 12.6. The number of aryl methyl sites for hydroxylation is 2. The van der Waals surface area contributed by atoms with Gasteiger partial charge in [-0.25, -0.2) is 0 Å². The van der Waals surface area contributed by atoms with Crippen LogP contribution in [0.5, 0.6) is 5.75 Å². The van der Waals surface area contributed by atoms with Crippen LogP contribution in [0.4, 0.5) is 5.69 Å². The van der Waals surface area contributed by atoms with Crippen LogP contribution in [0.1, 0.15) is 28.6 Å². The molecule has 0 fully saturated rings. The highest BCUT2D eigenvalue weighted by Crippen LogP contribution is 2.30. The Balaban J connectivity index is 1.97. The maximum Gasteiger partial charge on any atom is 0.308 e. The van der Waals surface area contributed by atoms with Crippen LogP contribution in [-0.4, -0.2) is 11.9 Å². The number of carbonyl (C=O) groups excluding carboxylic acids is 2. The van der Waals surface area contributed by atoms with Crippen LogP contribution in [0.25, 0.3) is 11.0 Å². The Kier molecular flexibility index (Phi) is 4.08. The predicted octanol–water partition coefficient (Wildman–Crippen LogP) is 4.23. The number of hydrogen-bond donors (Lipinski definition) is 1. The highest BCUT2D eigenvalue weighted by Gasteiger charge is 2.19. The number of ether oxygens (including phenoxy) is 1. The first kappa shape index (κ1) is 15.8. The molecule has 24 heavy (non-hydrogen) atoms. The Morgan fingerprint density at radius 2 is 1.75 bits per heavy atom. The minimum absolute atomic E-state index is 0.268. The summed E-state index contributed by atoms with van der Waals surface area (Å²) in [4.78, 5) is 23.8. The van der Waals surface area contributed by atoms with E-state index >= 15 is 0 Å². The van der Waals surface area contributed by atoms with Gasteiger partial charge in [-0.2, -0.15) is 0 Å². The smallest absolute Gasteiger partial charge is 0.308 e. The van der Waals surface area contributed by atoms with Gasteiger partial charge in [0.05, 0.1) is 5.56 Å². The van der Waals surface area contributed by atoms with Crippen molar-refractivity contribution in [1.82, 2.24) is 0 Å². The number of carbonyl (C=O) groups is 2. The van der Waals surface area contributed by atoms with Gasteiger partial charge in [0, 0.05) is 18.0 Å². The fraction of sp³-hybridized carbons (Fsp3) is 0.158. The molecule has 0 spiro atoms. The van der Waals surface area contributed by atoms with E-state index in [1.54, 1.807) is 25.1 Å². The highest BCUT2D eigenvalue weighted by atomic mass is 16.5. The molecule has 1 N–H and O–H groups in total. The standard InChI is InChI=1S/C19H17NO4/c1-11-4-6-14(7-5-11)20-19(22)18-12(2)23-17-9-8-15(10-16(17)18)24-13(3)21/h4-10H,1-3H3,(H,20,22). The number of hydrogen-bond acceptors (Lipinski definition) is 4. The fourth-order valence-electron chi connectivity index (χ4n) is 2.54. The van der Waals surface area contributed by atoms with Crippen molar-refractivity contribution in [1.29, 1.82) is 0 Å². The number of rotatable bonds is 3. The molecule has 122 valence electrons. The van der Waals surface area contributed by atoms with Crippen molar-refractivity contribution in [2.75, 3.05) is 5.32 Å². The number of amides is 1. The van der Waals surface area contributed by atoms with Crippen molar-refractivity contribution in [3.8, 4) is 5.75 Å². The number of anilines is 1. The molecule has 0 aliphatic heterocycles. The van der Waals surface area contributed by atoms with Crippen molar-refractivity contribution >= 4 is 28.5 Å². The van der Waals surface area contributed by atoms with Crippen LogP contribution in [0.15, 0.2) is 46.9 Å². The van der Waals surface area contributed by atoms with Crippen LogP contribution >= 0.6 is 0 Å². The molecule has 0 bridgehead atoms. The van der Waals surface area contributed by atoms with Gasteiger partial charge in [0.2, 0.25) is 0 Å². The van der Waals surface area contributed by atoms with E-state index < -0.39 is 5.97 Å². The van der Waals surface area contributed by atoms with E-state index in [9.17, 15) is 9.59 Å². The van der Waals surface area contributed by atoms with Gasteiger partial charge in [0.15, 0.2) is 0 Å². The van der Waals surface area contributed by atoms with Crippen molar-refractivity contribution in [3.63, 3.8) is 0 Å². The van der Waals surface area contributed by atoms with Crippen molar-refractivity contribution in [2.45, 2.75) is 20.8 Å². The van der Waals surface area contributed by atoms with Gasteiger partial charge < -0.3 is 14.5 Å². The van der Waals surface area contributed by atoms with Crippen molar-refractivity contribution < 1.29 is 18.7 Å². The van der Waals surface area contributed by atoms with Gasteiger partial charge in [0.25, 0.3) is 5.91 Å². The lowest BCUT2D eigenvalue weighted by Gasteiger charge is -2.06. The first-order valence-electron chi connectivity index (χ1n) is 7.53. The monoisotopic (exact) mass is 323 g/mol. The molecule has 1 amide bonds. The summed E-state index contributed by atoms with van der Waals surface area (Å²) in [7, 11) is 0. The largest absolute Gasteiger partial charge is 0.461 e. The van der Waals surface area contributed by atoms with E-state index in [-0.39, 0.29) is 5.91 Å². The second-order valence-electron chi connectivity index (χ2n) is 5.61. The number of benzene rings is 2. The summed E-state index contributed by atoms with van der Waals surface area (Å²) in [6.45, 7) is 5.04. The fourth-order valence-corrected chi connectivity index (χ4v) is 2.54. The molecule has 2 aromatic carbocycles. The molecule has 1 aromatic heterocycles. The SMILES string of the molecule is CC(=O)Oc1ccc2oc(C)c(C(=O)Nc3ccc(C)cc3)c2c1. The third-order valence-corrected chi connectivity index (χ3v) is 3.63.